The first kappa shape index (κ1) is 16.9. The normalized spacial score (nSPS) is 10.6. The summed E-state index contributed by atoms with van der Waals surface area (Å²) >= 11 is 0. The van der Waals surface area contributed by atoms with Crippen LogP contribution < -0.4 is 5.32 Å². The van der Waals surface area contributed by atoms with Crippen LogP contribution in [0, 0.1) is 0 Å². The molecule has 0 saturated carbocycles. The van der Waals surface area contributed by atoms with Crippen LogP contribution in [-0.2, 0) is 11.3 Å². The molecule has 3 aromatic rings. The number of hydrogen-bond donors (Lipinski definition) is 1. The van der Waals surface area contributed by atoms with Crippen molar-refractivity contribution in [2.75, 3.05) is 18.9 Å². The fourth-order valence-electron chi connectivity index (χ4n) is 2.77. The molecule has 0 saturated heterocycles. The fourth-order valence-corrected chi connectivity index (χ4v) is 2.77. The standard InChI is InChI=1S/C22H22N2O/c1-24(16-18-8-4-2-5-9-18)17-22(25)23-21-14-12-20(13-15-21)19-10-6-3-7-11-19/h2-15H,16-17H2,1H3,(H,23,25). The van der Waals surface area contributed by atoms with Crippen LogP contribution in [0.4, 0.5) is 5.69 Å². The first-order chi connectivity index (χ1) is 12.2. The van der Waals surface area contributed by atoms with Gasteiger partial charge in [0.25, 0.3) is 0 Å². The third-order valence-corrected chi connectivity index (χ3v) is 3.98. The lowest BCUT2D eigenvalue weighted by Gasteiger charge is -2.16. The van der Waals surface area contributed by atoms with Crippen molar-refractivity contribution in [3.05, 3.63) is 90.5 Å². The van der Waals surface area contributed by atoms with Gasteiger partial charge in [-0.3, -0.25) is 9.69 Å². The summed E-state index contributed by atoms with van der Waals surface area (Å²) in [4.78, 5) is 14.2. The van der Waals surface area contributed by atoms with Crippen molar-refractivity contribution >= 4 is 11.6 Å². The Hall–Kier alpha value is -2.91. The summed E-state index contributed by atoms with van der Waals surface area (Å²) < 4.78 is 0. The van der Waals surface area contributed by atoms with Crippen molar-refractivity contribution in [1.29, 1.82) is 0 Å². The summed E-state index contributed by atoms with van der Waals surface area (Å²) in [5.74, 6) is -0.00843. The topological polar surface area (TPSA) is 32.3 Å². The fraction of sp³-hybridized carbons (Fsp3) is 0.136. The van der Waals surface area contributed by atoms with Gasteiger partial charge in [0.15, 0.2) is 0 Å². The largest absolute Gasteiger partial charge is 0.325 e. The molecule has 0 radical (unpaired) electrons. The van der Waals surface area contributed by atoms with Gasteiger partial charge in [0.1, 0.15) is 0 Å². The lowest BCUT2D eigenvalue weighted by atomic mass is 10.1. The number of anilines is 1. The average molecular weight is 330 g/mol. The van der Waals surface area contributed by atoms with Crippen LogP contribution in [0.25, 0.3) is 11.1 Å². The Morgan fingerprint density at radius 1 is 0.800 bits per heavy atom. The molecule has 1 amide bonds. The Balaban J connectivity index is 1.54. The molecule has 3 heteroatoms. The van der Waals surface area contributed by atoms with Crippen LogP contribution in [-0.4, -0.2) is 24.4 Å². The Labute approximate surface area is 148 Å². The zero-order valence-electron chi connectivity index (χ0n) is 14.4. The van der Waals surface area contributed by atoms with Gasteiger partial charge in [-0.25, -0.2) is 0 Å². The summed E-state index contributed by atoms with van der Waals surface area (Å²) in [6, 6.07) is 28.3. The molecule has 25 heavy (non-hydrogen) atoms. The highest BCUT2D eigenvalue weighted by Crippen LogP contribution is 2.20. The van der Waals surface area contributed by atoms with Gasteiger partial charge in [0.2, 0.25) is 5.91 Å². The van der Waals surface area contributed by atoms with E-state index in [1.54, 1.807) is 0 Å². The van der Waals surface area contributed by atoms with Gasteiger partial charge >= 0.3 is 0 Å². The number of amides is 1. The van der Waals surface area contributed by atoms with E-state index in [1.165, 1.54) is 11.1 Å². The van der Waals surface area contributed by atoms with Crippen LogP contribution in [0.15, 0.2) is 84.9 Å². The number of hydrogen-bond acceptors (Lipinski definition) is 2. The summed E-state index contributed by atoms with van der Waals surface area (Å²) in [6.07, 6.45) is 0. The molecule has 0 aliphatic heterocycles. The van der Waals surface area contributed by atoms with E-state index in [2.05, 4.69) is 29.6 Å². The Morgan fingerprint density at radius 3 is 2.00 bits per heavy atom. The molecule has 0 aromatic heterocycles. The number of carbonyl (C=O) groups excluding carboxylic acids is 1. The van der Waals surface area contributed by atoms with Crippen LogP contribution in [0.3, 0.4) is 0 Å². The van der Waals surface area contributed by atoms with Crippen molar-refractivity contribution in [2.24, 2.45) is 0 Å². The number of rotatable bonds is 6. The second-order valence-electron chi connectivity index (χ2n) is 6.15. The van der Waals surface area contributed by atoms with E-state index in [-0.39, 0.29) is 5.91 Å². The minimum Gasteiger partial charge on any atom is -0.325 e. The van der Waals surface area contributed by atoms with Crippen LogP contribution in [0.2, 0.25) is 0 Å². The van der Waals surface area contributed by atoms with Crippen molar-refractivity contribution < 1.29 is 4.79 Å². The van der Waals surface area contributed by atoms with E-state index >= 15 is 0 Å². The van der Waals surface area contributed by atoms with Crippen molar-refractivity contribution in [3.8, 4) is 11.1 Å². The second-order valence-corrected chi connectivity index (χ2v) is 6.15. The SMILES string of the molecule is CN(CC(=O)Nc1ccc(-c2ccccc2)cc1)Cc1ccccc1. The molecule has 126 valence electrons. The minimum absolute atomic E-state index is 0.00843. The molecular formula is C22H22N2O. The molecule has 0 heterocycles. The summed E-state index contributed by atoms with van der Waals surface area (Å²) in [5, 5.41) is 2.96. The van der Waals surface area contributed by atoms with Gasteiger partial charge in [-0.2, -0.15) is 0 Å². The van der Waals surface area contributed by atoms with E-state index in [9.17, 15) is 4.79 Å². The van der Waals surface area contributed by atoms with Crippen molar-refractivity contribution in [3.63, 3.8) is 0 Å². The van der Waals surface area contributed by atoms with Gasteiger partial charge in [0, 0.05) is 12.2 Å². The number of carbonyl (C=O) groups is 1. The molecule has 3 rings (SSSR count). The van der Waals surface area contributed by atoms with E-state index in [1.807, 2.05) is 72.6 Å². The molecule has 0 unspecified atom stereocenters. The highest BCUT2D eigenvalue weighted by molar-refractivity contribution is 5.92. The van der Waals surface area contributed by atoms with Gasteiger partial charge < -0.3 is 5.32 Å². The summed E-state index contributed by atoms with van der Waals surface area (Å²) in [5.41, 5.74) is 4.32. The number of nitrogens with one attached hydrogen (secondary N) is 1. The Bertz CT molecular complexity index is 798. The number of likely N-dealkylation sites (N-methyl/N-ethyl adjacent to an activating group) is 1. The van der Waals surface area contributed by atoms with E-state index in [0.29, 0.717) is 6.54 Å². The Morgan fingerprint density at radius 2 is 1.36 bits per heavy atom. The molecule has 3 nitrogen and oxygen atoms in total. The van der Waals surface area contributed by atoms with Gasteiger partial charge in [-0.1, -0.05) is 72.8 Å². The molecule has 0 fully saturated rings. The third-order valence-electron chi connectivity index (χ3n) is 3.98. The molecule has 0 aliphatic rings. The number of nitrogens with zero attached hydrogens (tertiary/aromatic N) is 1. The second kappa shape index (κ2) is 8.27. The van der Waals surface area contributed by atoms with E-state index < -0.39 is 0 Å². The molecular weight excluding hydrogens is 308 g/mol. The third kappa shape index (κ3) is 5.03. The van der Waals surface area contributed by atoms with Crippen molar-refractivity contribution in [2.45, 2.75) is 6.54 Å². The predicted octanol–water partition coefficient (Wildman–Crippen LogP) is 4.42. The first-order valence-corrected chi connectivity index (χ1v) is 8.38. The molecule has 0 bridgehead atoms. The average Bonchev–Trinajstić information content (AvgIpc) is 2.63. The van der Waals surface area contributed by atoms with Crippen LogP contribution in [0.1, 0.15) is 5.56 Å². The quantitative estimate of drug-likeness (QED) is 0.725. The predicted molar refractivity (Wildman–Crippen MR) is 103 cm³/mol. The van der Waals surface area contributed by atoms with Crippen molar-refractivity contribution in [1.82, 2.24) is 4.90 Å². The maximum Gasteiger partial charge on any atom is 0.238 e. The summed E-state index contributed by atoms with van der Waals surface area (Å²) in [7, 11) is 1.95. The maximum atomic E-state index is 12.2. The molecule has 0 aliphatic carbocycles. The molecule has 3 aromatic carbocycles. The van der Waals surface area contributed by atoms with E-state index in [0.717, 1.165) is 17.8 Å². The zero-order chi connectivity index (χ0) is 17.5. The van der Waals surface area contributed by atoms with Crippen LogP contribution >= 0.6 is 0 Å². The van der Waals surface area contributed by atoms with Crippen LogP contribution in [0.5, 0.6) is 0 Å². The van der Waals surface area contributed by atoms with Gasteiger partial charge in [-0.15, -0.1) is 0 Å². The Kier molecular flexibility index (Phi) is 5.60. The zero-order valence-corrected chi connectivity index (χ0v) is 14.4. The summed E-state index contributed by atoms with van der Waals surface area (Å²) in [6.45, 7) is 1.11. The minimum atomic E-state index is -0.00843. The lowest BCUT2D eigenvalue weighted by Crippen LogP contribution is -2.29. The molecule has 0 spiro atoms. The lowest BCUT2D eigenvalue weighted by molar-refractivity contribution is -0.117. The number of benzene rings is 3. The molecule has 1 N–H and O–H groups in total. The maximum absolute atomic E-state index is 12.2. The monoisotopic (exact) mass is 330 g/mol. The van der Waals surface area contributed by atoms with Gasteiger partial charge in [0.05, 0.1) is 6.54 Å². The highest BCUT2D eigenvalue weighted by Gasteiger charge is 2.07. The molecule has 0 atom stereocenters. The van der Waals surface area contributed by atoms with Gasteiger partial charge in [-0.05, 0) is 35.9 Å². The van der Waals surface area contributed by atoms with E-state index in [4.69, 9.17) is 0 Å². The highest BCUT2D eigenvalue weighted by atomic mass is 16.2. The first-order valence-electron chi connectivity index (χ1n) is 8.38. The smallest absolute Gasteiger partial charge is 0.238 e.